The van der Waals surface area contributed by atoms with Crippen molar-refractivity contribution < 1.29 is 9.59 Å². The molecule has 0 bridgehead atoms. The first-order valence-electron chi connectivity index (χ1n) is 10.9. The molecule has 2 N–H and O–H groups in total. The molecule has 0 unspecified atom stereocenters. The molecule has 0 atom stereocenters. The molecule has 0 spiro atoms. The Balaban J connectivity index is 1.67. The molecule has 1 aliphatic rings. The Kier molecular flexibility index (Phi) is 8.34. The van der Waals surface area contributed by atoms with Crippen LogP contribution in [0.25, 0.3) is 5.69 Å². The first kappa shape index (κ1) is 23.1. The number of carbonyl (C=O) groups excluding carboxylic acids is 2. The second-order valence-electron chi connectivity index (χ2n) is 8.28. The number of urea groups is 1. The topological polar surface area (TPSA) is 92.2 Å². The zero-order valence-electron chi connectivity index (χ0n) is 18.6. The van der Waals surface area contributed by atoms with Gasteiger partial charge in [0.15, 0.2) is 5.16 Å². The molecule has 3 amide bonds. The molecule has 2 aromatic rings. The Morgan fingerprint density at radius 3 is 2.48 bits per heavy atom. The predicted molar refractivity (Wildman–Crippen MR) is 124 cm³/mol. The minimum absolute atomic E-state index is 0.0849. The zero-order valence-corrected chi connectivity index (χ0v) is 19.4. The van der Waals surface area contributed by atoms with E-state index in [2.05, 4.69) is 51.7 Å². The molecule has 1 fully saturated rings. The molecule has 8 nitrogen and oxygen atoms in total. The van der Waals surface area contributed by atoms with Crippen molar-refractivity contribution in [2.45, 2.75) is 51.6 Å². The number of nitrogens with zero attached hydrogens (tertiary/aromatic N) is 4. The van der Waals surface area contributed by atoms with Gasteiger partial charge in [0, 0.05) is 19.6 Å². The van der Waals surface area contributed by atoms with Crippen molar-refractivity contribution in [3.63, 3.8) is 0 Å². The van der Waals surface area contributed by atoms with E-state index in [9.17, 15) is 9.59 Å². The van der Waals surface area contributed by atoms with E-state index in [0.29, 0.717) is 17.6 Å². The molecule has 31 heavy (non-hydrogen) atoms. The summed E-state index contributed by atoms with van der Waals surface area (Å²) in [6.45, 7) is 8.67. The lowest BCUT2D eigenvalue weighted by Gasteiger charge is -2.27. The van der Waals surface area contributed by atoms with Crippen LogP contribution in [0.15, 0.2) is 29.4 Å². The van der Waals surface area contributed by atoms with Gasteiger partial charge in [-0.3, -0.25) is 14.7 Å². The highest BCUT2D eigenvalue weighted by molar-refractivity contribution is 7.99. The molecule has 1 aromatic heterocycles. The van der Waals surface area contributed by atoms with Crippen LogP contribution in [0.3, 0.4) is 0 Å². The first-order chi connectivity index (χ1) is 14.9. The third-order valence-corrected chi connectivity index (χ3v) is 6.07. The molecular weight excluding hydrogens is 412 g/mol. The summed E-state index contributed by atoms with van der Waals surface area (Å²) in [7, 11) is 0. The van der Waals surface area contributed by atoms with Gasteiger partial charge < -0.3 is 10.2 Å². The second-order valence-corrected chi connectivity index (χ2v) is 9.22. The maximum atomic E-state index is 12.3. The number of piperidine rings is 1. The minimum atomic E-state index is -0.458. The SMILES string of the molecule is Cc1ccc(-n2c(SCC(=O)NC(=O)NCCC(C)C)nnc2N2CCCCC2)cc1. The molecule has 2 heterocycles. The quantitative estimate of drug-likeness (QED) is 0.605. The Bertz CT molecular complexity index is 875. The van der Waals surface area contributed by atoms with E-state index in [-0.39, 0.29) is 11.7 Å². The zero-order chi connectivity index (χ0) is 22.2. The van der Waals surface area contributed by atoms with Gasteiger partial charge in [-0.1, -0.05) is 43.3 Å². The van der Waals surface area contributed by atoms with Crippen LogP contribution in [-0.4, -0.2) is 52.1 Å². The summed E-state index contributed by atoms with van der Waals surface area (Å²) in [6.07, 6.45) is 4.38. The number of hydrogen-bond acceptors (Lipinski definition) is 6. The van der Waals surface area contributed by atoms with Gasteiger partial charge in [-0.15, -0.1) is 10.2 Å². The van der Waals surface area contributed by atoms with E-state index >= 15 is 0 Å². The third-order valence-electron chi connectivity index (χ3n) is 5.14. The Morgan fingerprint density at radius 1 is 1.10 bits per heavy atom. The molecular formula is C22H32N6O2S. The van der Waals surface area contributed by atoms with Crippen molar-refractivity contribution in [1.29, 1.82) is 0 Å². The molecule has 0 aliphatic carbocycles. The van der Waals surface area contributed by atoms with Crippen molar-refractivity contribution in [3.8, 4) is 5.69 Å². The van der Waals surface area contributed by atoms with Gasteiger partial charge in [0.25, 0.3) is 0 Å². The molecule has 0 radical (unpaired) electrons. The third kappa shape index (κ3) is 6.72. The normalized spacial score (nSPS) is 14.0. The van der Waals surface area contributed by atoms with E-state index in [1.165, 1.54) is 23.7 Å². The summed E-state index contributed by atoms with van der Waals surface area (Å²) in [5.41, 5.74) is 2.14. The number of carbonyl (C=O) groups is 2. The van der Waals surface area contributed by atoms with Crippen molar-refractivity contribution >= 4 is 29.6 Å². The number of thioether (sulfide) groups is 1. The average Bonchev–Trinajstić information content (AvgIpc) is 3.17. The highest BCUT2D eigenvalue weighted by atomic mass is 32.2. The number of rotatable bonds is 8. The monoisotopic (exact) mass is 444 g/mol. The van der Waals surface area contributed by atoms with E-state index in [1.54, 1.807) is 0 Å². The standard InChI is InChI=1S/C22H32N6O2S/c1-16(2)11-12-23-20(30)24-19(29)15-31-22-26-25-21(27-13-5-4-6-14-27)28(22)18-9-7-17(3)8-10-18/h7-10,16H,4-6,11-15H2,1-3H3,(H2,23,24,29,30). The van der Waals surface area contributed by atoms with Crippen LogP contribution in [-0.2, 0) is 4.79 Å². The number of aromatic nitrogens is 3. The molecule has 168 valence electrons. The van der Waals surface area contributed by atoms with Gasteiger partial charge in [-0.05, 0) is 50.7 Å². The summed E-state index contributed by atoms with van der Waals surface area (Å²) in [4.78, 5) is 26.4. The highest BCUT2D eigenvalue weighted by Gasteiger charge is 2.22. The Morgan fingerprint density at radius 2 is 1.81 bits per heavy atom. The molecule has 3 rings (SSSR count). The Hall–Kier alpha value is -2.55. The van der Waals surface area contributed by atoms with Gasteiger partial charge in [0.05, 0.1) is 11.4 Å². The number of amides is 3. The fraction of sp³-hybridized carbons (Fsp3) is 0.545. The average molecular weight is 445 g/mol. The number of imide groups is 1. The number of hydrogen-bond donors (Lipinski definition) is 2. The fourth-order valence-corrected chi connectivity index (χ4v) is 4.13. The van der Waals surface area contributed by atoms with Crippen LogP contribution in [0.5, 0.6) is 0 Å². The van der Waals surface area contributed by atoms with E-state index in [4.69, 9.17) is 0 Å². The van der Waals surface area contributed by atoms with Crippen LogP contribution < -0.4 is 15.5 Å². The van der Waals surface area contributed by atoms with Gasteiger partial charge in [0.2, 0.25) is 11.9 Å². The van der Waals surface area contributed by atoms with E-state index in [1.807, 2.05) is 23.6 Å². The Labute approximate surface area is 188 Å². The summed E-state index contributed by atoms with van der Waals surface area (Å²) in [5.74, 6) is 1.03. The second kappa shape index (κ2) is 11.2. The van der Waals surface area contributed by atoms with E-state index in [0.717, 1.165) is 44.0 Å². The van der Waals surface area contributed by atoms with Crippen LogP contribution in [0.2, 0.25) is 0 Å². The number of anilines is 1. The summed E-state index contributed by atoms with van der Waals surface area (Å²) in [5, 5.41) is 14.5. The lowest BCUT2D eigenvalue weighted by Crippen LogP contribution is -2.40. The smallest absolute Gasteiger partial charge is 0.321 e. The maximum Gasteiger partial charge on any atom is 0.321 e. The largest absolute Gasteiger partial charge is 0.341 e. The maximum absolute atomic E-state index is 12.3. The van der Waals surface area contributed by atoms with E-state index < -0.39 is 6.03 Å². The number of benzene rings is 1. The first-order valence-corrected chi connectivity index (χ1v) is 11.9. The van der Waals surface area contributed by atoms with Crippen molar-refractivity contribution in [3.05, 3.63) is 29.8 Å². The van der Waals surface area contributed by atoms with Crippen LogP contribution in [0.1, 0.15) is 45.1 Å². The predicted octanol–water partition coefficient (Wildman–Crippen LogP) is 3.53. The summed E-state index contributed by atoms with van der Waals surface area (Å²) in [6, 6.07) is 7.73. The molecule has 1 aromatic carbocycles. The summed E-state index contributed by atoms with van der Waals surface area (Å²) >= 11 is 1.28. The van der Waals surface area contributed by atoms with Gasteiger partial charge >= 0.3 is 6.03 Å². The fourth-order valence-electron chi connectivity index (χ4n) is 3.39. The highest BCUT2D eigenvalue weighted by Crippen LogP contribution is 2.28. The molecule has 1 saturated heterocycles. The van der Waals surface area contributed by atoms with Crippen LogP contribution in [0.4, 0.5) is 10.7 Å². The lowest BCUT2D eigenvalue weighted by atomic mass is 10.1. The van der Waals surface area contributed by atoms with Crippen LogP contribution in [0, 0.1) is 12.8 Å². The van der Waals surface area contributed by atoms with Gasteiger partial charge in [-0.25, -0.2) is 4.79 Å². The van der Waals surface area contributed by atoms with Crippen molar-refractivity contribution in [1.82, 2.24) is 25.4 Å². The minimum Gasteiger partial charge on any atom is -0.341 e. The van der Waals surface area contributed by atoms with Crippen molar-refractivity contribution in [2.75, 3.05) is 30.3 Å². The van der Waals surface area contributed by atoms with Gasteiger partial charge in [-0.2, -0.15) is 0 Å². The molecule has 9 heteroatoms. The molecule has 0 saturated carbocycles. The van der Waals surface area contributed by atoms with Crippen molar-refractivity contribution in [2.24, 2.45) is 5.92 Å². The van der Waals surface area contributed by atoms with Gasteiger partial charge in [0.1, 0.15) is 0 Å². The lowest BCUT2D eigenvalue weighted by molar-refractivity contribution is -0.117. The number of nitrogens with one attached hydrogen (secondary N) is 2. The molecule has 1 aliphatic heterocycles. The number of aryl methyl sites for hydroxylation is 1. The summed E-state index contributed by atoms with van der Waals surface area (Å²) < 4.78 is 2.01. The van der Waals surface area contributed by atoms with Crippen LogP contribution >= 0.6 is 11.8 Å².